The normalized spacial score (nSPS) is 22.4. The van der Waals surface area contributed by atoms with Crippen LogP contribution >= 0.6 is 11.3 Å². The third-order valence-corrected chi connectivity index (χ3v) is 8.23. The lowest BCUT2D eigenvalue weighted by Crippen LogP contribution is -2.42. The van der Waals surface area contributed by atoms with Gasteiger partial charge in [0.1, 0.15) is 0 Å². The number of imidazole rings is 1. The van der Waals surface area contributed by atoms with Crippen molar-refractivity contribution in [3.05, 3.63) is 34.9 Å². The van der Waals surface area contributed by atoms with Crippen molar-refractivity contribution in [2.24, 2.45) is 5.41 Å². The van der Waals surface area contributed by atoms with Crippen molar-refractivity contribution in [3.8, 4) is 0 Å². The summed E-state index contributed by atoms with van der Waals surface area (Å²) in [5, 5.41) is 4.24. The van der Waals surface area contributed by atoms with E-state index >= 15 is 0 Å². The van der Waals surface area contributed by atoms with Crippen molar-refractivity contribution in [1.82, 2.24) is 19.2 Å². The predicted molar refractivity (Wildman–Crippen MR) is 98.0 cm³/mol. The van der Waals surface area contributed by atoms with Crippen LogP contribution in [0, 0.1) is 5.41 Å². The Morgan fingerprint density at radius 1 is 1.46 bits per heavy atom. The summed E-state index contributed by atoms with van der Waals surface area (Å²) in [5.74, 6) is 0.0885. The smallest absolute Gasteiger partial charge is 0.260 e. The summed E-state index contributed by atoms with van der Waals surface area (Å²) in [6, 6.07) is 2.27. The first-order valence-electron chi connectivity index (χ1n) is 8.69. The molecule has 140 valence electrons. The maximum Gasteiger partial charge on any atom is 0.260 e. The van der Waals surface area contributed by atoms with Gasteiger partial charge in [-0.25, -0.2) is 13.4 Å². The maximum atomic E-state index is 12.6. The van der Waals surface area contributed by atoms with Crippen molar-refractivity contribution in [2.75, 3.05) is 13.1 Å². The zero-order chi connectivity index (χ0) is 18.4. The van der Waals surface area contributed by atoms with Gasteiger partial charge in [0.05, 0.1) is 12.5 Å². The SMILES string of the molecule is CC(=O)N(Cc1ccsc1)C1CC12CCN(S(=O)(=O)c1cnc[nH]1)CC2. The van der Waals surface area contributed by atoms with E-state index in [0.717, 1.165) is 24.8 Å². The quantitative estimate of drug-likeness (QED) is 0.841. The molecule has 2 aliphatic rings. The molecule has 26 heavy (non-hydrogen) atoms. The van der Waals surface area contributed by atoms with Crippen molar-refractivity contribution in [2.45, 2.75) is 43.8 Å². The lowest BCUT2D eigenvalue weighted by Gasteiger charge is -2.33. The van der Waals surface area contributed by atoms with Crippen LogP contribution in [0.5, 0.6) is 0 Å². The Labute approximate surface area is 157 Å². The van der Waals surface area contributed by atoms with Crippen molar-refractivity contribution < 1.29 is 13.2 Å². The number of nitrogens with one attached hydrogen (secondary N) is 1. The third-order valence-electron chi connectivity index (χ3n) is 5.67. The number of aromatic amines is 1. The molecule has 1 aliphatic carbocycles. The van der Waals surface area contributed by atoms with Crippen LogP contribution in [0.25, 0.3) is 0 Å². The van der Waals surface area contributed by atoms with Gasteiger partial charge in [-0.3, -0.25) is 4.79 Å². The molecule has 2 aromatic heterocycles. The number of hydrogen-bond acceptors (Lipinski definition) is 5. The molecule has 0 bridgehead atoms. The summed E-state index contributed by atoms with van der Waals surface area (Å²) in [6.45, 7) is 3.24. The van der Waals surface area contributed by atoms with Crippen LogP contribution in [0.15, 0.2) is 34.4 Å². The second-order valence-electron chi connectivity index (χ2n) is 7.18. The molecule has 1 unspecified atom stereocenters. The lowest BCUT2D eigenvalue weighted by molar-refractivity contribution is -0.130. The highest BCUT2D eigenvalue weighted by Gasteiger charge is 2.58. The van der Waals surface area contributed by atoms with Crippen LogP contribution in [-0.2, 0) is 21.4 Å². The van der Waals surface area contributed by atoms with E-state index in [4.69, 9.17) is 0 Å². The largest absolute Gasteiger partial charge is 0.335 e. The van der Waals surface area contributed by atoms with E-state index in [1.165, 1.54) is 16.8 Å². The number of carbonyl (C=O) groups excluding carboxylic acids is 1. The highest BCUT2D eigenvalue weighted by atomic mass is 32.2. The molecular weight excluding hydrogens is 372 g/mol. The second kappa shape index (κ2) is 6.47. The van der Waals surface area contributed by atoms with Gasteiger partial charge >= 0.3 is 0 Å². The Hall–Kier alpha value is -1.71. The number of aromatic nitrogens is 2. The number of nitrogens with zero attached hydrogens (tertiary/aromatic N) is 3. The van der Waals surface area contributed by atoms with Gasteiger partial charge in [0, 0.05) is 32.6 Å². The van der Waals surface area contributed by atoms with E-state index in [1.807, 2.05) is 10.3 Å². The van der Waals surface area contributed by atoms with Crippen LogP contribution in [-0.4, -0.2) is 52.6 Å². The van der Waals surface area contributed by atoms with Crippen molar-refractivity contribution in [1.29, 1.82) is 0 Å². The molecule has 1 saturated heterocycles. The molecule has 2 aromatic rings. The van der Waals surface area contributed by atoms with Gasteiger partial charge in [-0.05, 0) is 47.1 Å². The molecule has 2 fully saturated rings. The monoisotopic (exact) mass is 394 g/mol. The van der Waals surface area contributed by atoms with Crippen LogP contribution in [0.2, 0.25) is 0 Å². The minimum absolute atomic E-state index is 0.0711. The number of hydrogen-bond donors (Lipinski definition) is 1. The first kappa shape index (κ1) is 17.7. The molecule has 9 heteroatoms. The van der Waals surface area contributed by atoms with Crippen LogP contribution < -0.4 is 0 Å². The standard InChI is InChI=1S/C17H22N4O3S2/c1-13(22)21(10-14-2-7-25-11-14)15-8-17(15)3-5-20(6-4-17)26(23,24)16-9-18-12-19-16/h2,7,9,11-12,15H,3-6,8,10H2,1H3,(H,18,19). The highest BCUT2D eigenvalue weighted by Crippen LogP contribution is 2.57. The van der Waals surface area contributed by atoms with Gasteiger partial charge < -0.3 is 9.88 Å². The highest BCUT2D eigenvalue weighted by molar-refractivity contribution is 7.89. The number of rotatable bonds is 5. The second-order valence-corrected chi connectivity index (χ2v) is 9.87. The Balaban J connectivity index is 1.42. The summed E-state index contributed by atoms with van der Waals surface area (Å²) < 4.78 is 26.7. The lowest BCUT2D eigenvalue weighted by atomic mass is 9.93. The van der Waals surface area contributed by atoms with Gasteiger partial charge in [0.15, 0.2) is 5.03 Å². The van der Waals surface area contributed by atoms with Crippen molar-refractivity contribution in [3.63, 3.8) is 0 Å². The van der Waals surface area contributed by atoms with Crippen LogP contribution in [0.1, 0.15) is 31.7 Å². The number of piperidine rings is 1. The molecule has 1 N–H and O–H groups in total. The summed E-state index contributed by atoms with van der Waals surface area (Å²) in [4.78, 5) is 20.6. The summed E-state index contributed by atoms with van der Waals surface area (Å²) in [6.07, 6.45) is 5.27. The number of thiophene rings is 1. The molecule has 3 heterocycles. The summed E-state index contributed by atoms with van der Waals surface area (Å²) in [7, 11) is -3.50. The molecule has 1 atom stereocenters. The molecule has 1 spiro atoms. The van der Waals surface area contributed by atoms with Gasteiger partial charge in [-0.15, -0.1) is 0 Å². The third kappa shape index (κ3) is 3.08. The van der Waals surface area contributed by atoms with E-state index in [-0.39, 0.29) is 22.4 Å². The van der Waals surface area contributed by atoms with Crippen molar-refractivity contribution >= 4 is 27.3 Å². The number of amides is 1. The van der Waals surface area contributed by atoms with E-state index in [9.17, 15) is 13.2 Å². The van der Waals surface area contributed by atoms with Gasteiger partial charge in [0.25, 0.3) is 10.0 Å². The molecule has 0 aromatic carbocycles. The van der Waals surface area contributed by atoms with Gasteiger partial charge in [-0.2, -0.15) is 15.6 Å². The Morgan fingerprint density at radius 3 is 2.81 bits per heavy atom. The topological polar surface area (TPSA) is 86.4 Å². The van der Waals surface area contributed by atoms with Crippen LogP contribution in [0.3, 0.4) is 0 Å². The molecule has 0 radical (unpaired) electrons. The van der Waals surface area contributed by atoms with Gasteiger partial charge in [-0.1, -0.05) is 0 Å². The van der Waals surface area contributed by atoms with E-state index in [0.29, 0.717) is 19.6 Å². The number of carbonyl (C=O) groups is 1. The fourth-order valence-electron chi connectivity index (χ4n) is 4.02. The number of H-pyrrole nitrogens is 1. The first-order valence-corrected chi connectivity index (χ1v) is 11.1. The maximum absolute atomic E-state index is 12.6. The van der Waals surface area contributed by atoms with Gasteiger partial charge in [0.2, 0.25) is 5.91 Å². The minimum Gasteiger partial charge on any atom is -0.335 e. The molecular formula is C17H22N4O3S2. The predicted octanol–water partition coefficient (Wildman–Crippen LogP) is 2.06. The van der Waals surface area contributed by atoms with E-state index in [2.05, 4.69) is 21.4 Å². The number of sulfonamides is 1. The Bertz CT molecular complexity index is 869. The Kier molecular flexibility index (Phi) is 4.40. The molecule has 1 amide bonds. The van der Waals surface area contributed by atoms with Crippen LogP contribution in [0.4, 0.5) is 0 Å². The Morgan fingerprint density at radius 2 is 2.23 bits per heavy atom. The van der Waals surface area contributed by atoms with E-state index < -0.39 is 10.0 Å². The average Bonchev–Trinajstić information content (AvgIpc) is 3.09. The summed E-state index contributed by atoms with van der Waals surface area (Å²) >= 11 is 1.63. The molecule has 7 nitrogen and oxygen atoms in total. The minimum atomic E-state index is -3.50. The fraction of sp³-hybridized carbons (Fsp3) is 0.529. The first-order chi connectivity index (χ1) is 12.4. The van der Waals surface area contributed by atoms with E-state index in [1.54, 1.807) is 18.3 Å². The molecule has 1 saturated carbocycles. The molecule has 1 aliphatic heterocycles. The fourth-order valence-corrected chi connectivity index (χ4v) is 6.02. The zero-order valence-electron chi connectivity index (χ0n) is 14.6. The summed E-state index contributed by atoms with van der Waals surface area (Å²) in [5.41, 5.74) is 1.23. The molecule has 4 rings (SSSR count). The average molecular weight is 395 g/mol. The zero-order valence-corrected chi connectivity index (χ0v) is 16.2.